The minimum atomic E-state index is -0.356. The standard InChI is InChI=1S/C13H15FN4OS/c1-8(2)18-13(15-16-17-18)20-9(3)12(19)10-4-6-11(14)7-5-10/h4-9H,1-3H3. The third kappa shape index (κ3) is 3.22. The Morgan fingerprint density at radius 2 is 1.90 bits per heavy atom. The fraction of sp³-hybridized carbons (Fsp3) is 0.385. The summed E-state index contributed by atoms with van der Waals surface area (Å²) in [6.45, 7) is 5.72. The molecule has 0 amide bonds. The first-order chi connectivity index (χ1) is 9.49. The van der Waals surface area contributed by atoms with Crippen molar-refractivity contribution in [2.75, 3.05) is 0 Å². The van der Waals surface area contributed by atoms with Crippen LogP contribution in [0.25, 0.3) is 0 Å². The van der Waals surface area contributed by atoms with Crippen LogP contribution in [0, 0.1) is 5.82 Å². The summed E-state index contributed by atoms with van der Waals surface area (Å²) in [5, 5.41) is 11.7. The molecule has 0 aliphatic rings. The molecule has 1 atom stereocenters. The molecule has 0 aliphatic heterocycles. The average Bonchev–Trinajstić information content (AvgIpc) is 2.87. The van der Waals surface area contributed by atoms with Crippen LogP contribution in [0.1, 0.15) is 37.2 Å². The number of ketones is 1. The summed E-state index contributed by atoms with van der Waals surface area (Å²) < 4.78 is 14.5. The van der Waals surface area contributed by atoms with Crippen molar-refractivity contribution >= 4 is 17.5 Å². The first-order valence-corrected chi connectivity index (χ1v) is 7.11. The number of hydrogen-bond acceptors (Lipinski definition) is 5. The fourth-order valence-electron chi connectivity index (χ4n) is 1.65. The SMILES string of the molecule is CC(Sc1nnnn1C(C)C)C(=O)c1ccc(F)cc1. The zero-order chi connectivity index (χ0) is 14.7. The molecule has 0 saturated carbocycles. The Bertz CT molecular complexity index is 597. The highest BCUT2D eigenvalue weighted by Gasteiger charge is 2.20. The van der Waals surface area contributed by atoms with Gasteiger partial charge in [-0.15, -0.1) is 5.10 Å². The summed E-state index contributed by atoms with van der Waals surface area (Å²) in [6.07, 6.45) is 0. The highest BCUT2D eigenvalue weighted by Crippen LogP contribution is 2.25. The van der Waals surface area contributed by atoms with Crippen LogP contribution in [-0.4, -0.2) is 31.2 Å². The molecule has 1 heterocycles. The molecule has 1 aromatic carbocycles. The van der Waals surface area contributed by atoms with Gasteiger partial charge in [-0.2, -0.15) is 0 Å². The van der Waals surface area contributed by atoms with E-state index in [-0.39, 0.29) is 22.9 Å². The molecule has 106 valence electrons. The van der Waals surface area contributed by atoms with Gasteiger partial charge < -0.3 is 0 Å². The molecule has 0 bridgehead atoms. The maximum atomic E-state index is 12.9. The van der Waals surface area contributed by atoms with Crippen molar-refractivity contribution < 1.29 is 9.18 Å². The number of rotatable bonds is 5. The van der Waals surface area contributed by atoms with Gasteiger partial charge in [-0.3, -0.25) is 4.79 Å². The number of tetrazole rings is 1. The Morgan fingerprint density at radius 3 is 2.50 bits per heavy atom. The molecule has 7 heteroatoms. The average molecular weight is 294 g/mol. The molecule has 0 spiro atoms. The molecule has 0 aliphatic carbocycles. The molecule has 0 radical (unpaired) electrons. The molecule has 2 aromatic rings. The quantitative estimate of drug-likeness (QED) is 0.627. The van der Waals surface area contributed by atoms with Gasteiger partial charge >= 0.3 is 0 Å². The lowest BCUT2D eigenvalue weighted by atomic mass is 10.1. The van der Waals surface area contributed by atoms with Crippen molar-refractivity contribution in [2.24, 2.45) is 0 Å². The smallest absolute Gasteiger partial charge is 0.210 e. The van der Waals surface area contributed by atoms with E-state index in [1.807, 2.05) is 13.8 Å². The fourth-order valence-corrected chi connectivity index (χ4v) is 2.65. The lowest BCUT2D eigenvalue weighted by Gasteiger charge is -2.11. The number of Topliss-reactive ketones (excluding diaryl/α,β-unsaturated/α-hetero) is 1. The highest BCUT2D eigenvalue weighted by atomic mass is 32.2. The van der Waals surface area contributed by atoms with Crippen LogP contribution in [0.4, 0.5) is 4.39 Å². The van der Waals surface area contributed by atoms with E-state index in [0.29, 0.717) is 10.7 Å². The molecule has 0 N–H and O–H groups in total. The number of aromatic nitrogens is 4. The lowest BCUT2D eigenvalue weighted by molar-refractivity contribution is 0.0993. The first kappa shape index (κ1) is 14.6. The number of carbonyl (C=O) groups excluding carboxylic acids is 1. The second-order valence-electron chi connectivity index (χ2n) is 4.63. The maximum absolute atomic E-state index is 12.9. The Balaban J connectivity index is 2.11. The van der Waals surface area contributed by atoms with Crippen LogP contribution in [0.2, 0.25) is 0 Å². The van der Waals surface area contributed by atoms with Gasteiger partial charge in [0.05, 0.1) is 11.3 Å². The minimum Gasteiger partial charge on any atom is -0.293 e. The van der Waals surface area contributed by atoms with E-state index in [4.69, 9.17) is 0 Å². The summed E-state index contributed by atoms with van der Waals surface area (Å²) in [5.74, 6) is -0.432. The van der Waals surface area contributed by atoms with Gasteiger partial charge in [-0.25, -0.2) is 9.07 Å². The largest absolute Gasteiger partial charge is 0.293 e. The van der Waals surface area contributed by atoms with E-state index in [1.165, 1.54) is 36.0 Å². The van der Waals surface area contributed by atoms with Crippen LogP contribution >= 0.6 is 11.8 Å². The van der Waals surface area contributed by atoms with E-state index < -0.39 is 0 Å². The van der Waals surface area contributed by atoms with E-state index in [1.54, 1.807) is 11.6 Å². The topological polar surface area (TPSA) is 60.7 Å². The highest BCUT2D eigenvalue weighted by molar-refractivity contribution is 8.00. The molecule has 20 heavy (non-hydrogen) atoms. The number of hydrogen-bond donors (Lipinski definition) is 0. The third-order valence-corrected chi connectivity index (χ3v) is 3.78. The molecule has 5 nitrogen and oxygen atoms in total. The summed E-state index contributed by atoms with van der Waals surface area (Å²) in [5.41, 5.74) is 0.481. The minimum absolute atomic E-state index is 0.0756. The van der Waals surface area contributed by atoms with Crippen molar-refractivity contribution in [3.05, 3.63) is 35.6 Å². The third-order valence-electron chi connectivity index (χ3n) is 2.73. The second-order valence-corrected chi connectivity index (χ2v) is 5.94. The molecule has 0 saturated heterocycles. The van der Waals surface area contributed by atoms with Gasteiger partial charge in [0.2, 0.25) is 5.16 Å². The van der Waals surface area contributed by atoms with Gasteiger partial charge in [-0.05, 0) is 55.5 Å². The Hall–Kier alpha value is -1.76. The molecular weight excluding hydrogens is 279 g/mol. The number of thioether (sulfide) groups is 1. The van der Waals surface area contributed by atoms with Gasteiger partial charge in [0.15, 0.2) is 5.78 Å². The number of halogens is 1. The van der Waals surface area contributed by atoms with E-state index in [2.05, 4.69) is 15.5 Å². The molecule has 2 rings (SSSR count). The second kappa shape index (κ2) is 6.13. The summed E-state index contributed by atoms with van der Waals surface area (Å²) in [7, 11) is 0. The Labute approximate surface area is 120 Å². The maximum Gasteiger partial charge on any atom is 0.210 e. The van der Waals surface area contributed by atoms with Crippen molar-refractivity contribution in [2.45, 2.75) is 37.2 Å². The van der Waals surface area contributed by atoms with Gasteiger partial charge in [0.25, 0.3) is 0 Å². The zero-order valence-corrected chi connectivity index (χ0v) is 12.3. The van der Waals surface area contributed by atoms with Crippen molar-refractivity contribution in [1.82, 2.24) is 20.2 Å². The predicted octanol–water partition coefficient (Wildman–Crippen LogP) is 2.76. The van der Waals surface area contributed by atoms with Gasteiger partial charge in [0, 0.05) is 5.56 Å². The summed E-state index contributed by atoms with van der Waals surface area (Å²) in [6, 6.07) is 5.66. The van der Waals surface area contributed by atoms with Gasteiger partial charge in [0.1, 0.15) is 5.82 Å². The van der Waals surface area contributed by atoms with E-state index >= 15 is 0 Å². The van der Waals surface area contributed by atoms with Crippen molar-refractivity contribution in [1.29, 1.82) is 0 Å². The monoisotopic (exact) mass is 294 g/mol. The van der Waals surface area contributed by atoms with Crippen LogP contribution in [-0.2, 0) is 0 Å². The van der Waals surface area contributed by atoms with Crippen LogP contribution < -0.4 is 0 Å². The predicted molar refractivity (Wildman–Crippen MR) is 74.3 cm³/mol. The summed E-state index contributed by atoms with van der Waals surface area (Å²) >= 11 is 1.30. The van der Waals surface area contributed by atoms with Crippen molar-refractivity contribution in [3.63, 3.8) is 0 Å². The lowest BCUT2D eigenvalue weighted by Crippen LogP contribution is -2.15. The Kier molecular flexibility index (Phi) is 4.49. The van der Waals surface area contributed by atoms with Gasteiger partial charge in [-0.1, -0.05) is 11.8 Å². The van der Waals surface area contributed by atoms with E-state index in [0.717, 1.165) is 0 Å². The van der Waals surface area contributed by atoms with E-state index in [9.17, 15) is 9.18 Å². The molecular formula is C13H15FN4OS. The van der Waals surface area contributed by atoms with Crippen LogP contribution in [0.3, 0.4) is 0 Å². The number of carbonyl (C=O) groups is 1. The molecule has 0 fully saturated rings. The normalized spacial score (nSPS) is 12.7. The van der Waals surface area contributed by atoms with Crippen LogP contribution in [0.5, 0.6) is 0 Å². The van der Waals surface area contributed by atoms with Crippen LogP contribution in [0.15, 0.2) is 29.4 Å². The van der Waals surface area contributed by atoms with Crippen molar-refractivity contribution in [3.8, 4) is 0 Å². The molecule has 1 unspecified atom stereocenters. The number of benzene rings is 1. The Morgan fingerprint density at radius 1 is 1.25 bits per heavy atom. The zero-order valence-electron chi connectivity index (χ0n) is 11.4. The summed E-state index contributed by atoms with van der Waals surface area (Å²) in [4.78, 5) is 12.2. The number of nitrogens with zero attached hydrogens (tertiary/aromatic N) is 4. The first-order valence-electron chi connectivity index (χ1n) is 6.23. The molecule has 1 aromatic heterocycles.